The van der Waals surface area contributed by atoms with Gasteiger partial charge >= 0.3 is 0 Å². The molecular weight excluding hydrogens is 202 g/mol. The van der Waals surface area contributed by atoms with Gasteiger partial charge in [0.25, 0.3) is 0 Å². The van der Waals surface area contributed by atoms with Gasteiger partial charge in [0.15, 0.2) is 0 Å². The van der Waals surface area contributed by atoms with Gasteiger partial charge in [0.05, 0.1) is 0 Å². The molecule has 1 aromatic rings. The Labute approximate surface area is 96.5 Å². The summed E-state index contributed by atoms with van der Waals surface area (Å²) in [5.41, 5.74) is 0.613. The normalized spacial score (nSPS) is 11.2. The quantitative estimate of drug-likeness (QED) is 0.822. The standard InChI is InChI=1S/C13H19NO2/c1-13(2,3)14-12(16)9-8-10-6-4-5-7-11(10)15/h4-7,15H,8-9H2,1-3H3,(H,14,16). The molecule has 1 aromatic carbocycles. The van der Waals surface area contributed by atoms with Crippen LogP contribution in [0.3, 0.4) is 0 Å². The number of carbonyl (C=O) groups is 1. The van der Waals surface area contributed by atoms with Crippen LogP contribution in [0, 0.1) is 0 Å². The molecule has 0 spiro atoms. The van der Waals surface area contributed by atoms with E-state index in [-0.39, 0.29) is 17.2 Å². The summed E-state index contributed by atoms with van der Waals surface area (Å²) in [6, 6.07) is 7.10. The molecule has 0 aliphatic heterocycles. The van der Waals surface area contributed by atoms with Crippen LogP contribution < -0.4 is 5.32 Å². The van der Waals surface area contributed by atoms with Crippen molar-refractivity contribution < 1.29 is 9.90 Å². The lowest BCUT2D eigenvalue weighted by molar-refractivity contribution is -0.122. The third-order valence-corrected chi connectivity index (χ3v) is 2.13. The predicted molar refractivity (Wildman–Crippen MR) is 64.3 cm³/mol. The van der Waals surface area contributed by atoms with Crippen molar-refractivity contribution in [3.8, 4) is 5.75 Å². The molecule has 3 nitrogen and oxygen atoms in total. The molecule has 1 amide bonds. The first-order chi connectivity index (χ1) is 7.38. The monoisotopic (exact) mass is 221 g/mol. The molecule has 2 N–H and O–H groups in total. The maximum absolute atomic E-state index is 11.6. The number of para-hydroxylation sites is 1. The van der Waals surface area contributed by atoms with Crippen LogP contribution in [0.4, 0.5) is 0 Å². The number of amides is 1. The smallest absolute Gasteiger partial charge is 0.220 e. The summed E-state index contributed by atoms with van der Waals surface area (Å²) in [5, 5.41) is 12.4. The van der Waals surface area contributed by atoms with E-state index in [4.69, 9.17) is 0 Å². The minimum Gasteiger partial charge on any atom is -0.508 e. The van der Waals surface area contributed by atoms with Crippen molar-refractivity contribution >= 4 is 5.91 Å². The molecule has 0 atom stereocenters. The zero-order valence-corrected chi connectivity index (χ0v) is 10.1. The van der Waals surface area contributed by atoms with Crippen molar-refractivity contribution in [2.45, 2.75) is 39.2 Å². The summed E-state index contributed by atoms with van der Waals surface area (Å²) in [4.78, 5) is 11.6. The van der Waals surface area contributed by atoms with Crippen LogP contribution in [0.2, 0.25) is 0 Å². The molecular formula is C13H19NO2. The third-order valence-electron chi connectivity index (χ3n) is 2.13. The van der Waals surface area contributed by atoms with Crippen molar-refractivity contribution in [2.24, 2.45) is 0 Å². The fraction of sp³-hybridized carbons (Fsp3) is 0.462. The zero-order chi connectivity index (χ0) is 12.2. The fourth-order valence-corrected chi connectivity index (χ4v) is 1.45. The highest BCUT2D eigenvalue weighted by molar-refractivity contribution is 5.77. The Bertz CT molecular complexity index is 366. The first-order valence-electron chi connectivity index (χ1n) is 5.46. The molecule has 0 saturated heterocycles. The Morgan fingerprint density at radius 2 is 1.94 bits per heavy atom. The molecule has 0 radical (unpaired) electrons. The zero-order valence-electron chi connectivity index (χ0n) is 10.1. The molecule has 3 heteroatoms. The number of phenols is 1. The van der Waals surface area contributed by atoms with E-state index in [9.17, 15) is 9.90 Å². The largest absolute Gasteiger partial charge is 0.508 e. The molecule has 88 valence electrons. The lowest BCUT2D eigenvalue weighted by Crippen LogP contribution is -2.40. The summed E-state index contributed by atoms with van der Waals surface area (Å²) >= 11 is 0. The maximum Gasteiger partial charge on any atom is 0.220 e. The van der Waals surface area contributed by atoms with Gasteiger partial charge in [0.2, 0.25) is 5.91 Å². The predicted octanol–water partition coefficient (Wildman–Crippen LogP) is 2.24. The third kappa shape index (κ3) is 4.34. The topological polar surface area (TPSA) is 49.3 Å². The van der Waals surface area contributed by atoms with E-state index in [1.807, 2.05) is 32.9 Å². The second kappa shape index (κ2) is 5.01. The van der Waals surface area contributed by atoms with Gasteiger partial charge in [-0.25, -0.2) is 0 Å². The highest BCUT2D eigenvalue weighted by Crippen LogP contribution is 2.17. The van der Waals surface area contributed by atoms with Crippen LogP contribution in [0.25, 0.3) is 0 Å². The Morgan fingerprint density at radius 3 is 2.50 bits per heavy atom. The minimum atomic E-state index is -0.199. The molecule has 0 saturated carbocycles. The van der Waals surface area contributed by atoms with E-state index in [0.717, 1.165) is 5.56 Å². The lowest BCUT2D eigenvalue weighted by Gasteiger charge is -2.20. The first kappa shape index (κ1) is 12.6. The molecule has 16 heavy (non-hydrogen) atoms. The fourth-order valence-electron chi connectivity index (χ4n) is 1.45. The number of aromatic hydroxyl groups is 1. The minimum absolute atomic E-state index is 0.00996. The maximum atomic E-state index is 11.6. The molecule has 0 aliphatic rings. The second-order valence-electron chi connectivity index (χ2n) is 4.93. The van der Waals surface area contributed by atoms with E-state index in [1.54, 1.807) is 12.1 Å². The molecule has 0 aliphatic carbocycles. The average molecular weight is 221 g/mol. The number of aryl methyl sites for hydroxylation is 1. The highest BCUT2D eigenvalue weighted by atomic mass is 16.3. The molecule has 0 unspecified atom stereocenters. The summed E-state index contributed by atoms with van der Waals surface area (Å²) in [5.74, 6) is 0.266. The Morgan fingerprint density at radius 1 is 1.31 bits per heavy atom. The van der Waals surface area contributed by atoms with Crippen LogP contribution in [0.5, 0.6) is 5.75 Å². The van der Waals surface area contributed by atoms with Gasteiger partial charge in [-0.15, -0.1) is 0 Å². The molecule has 0 bridgehead atoms. The van der Waals surface area contributed by atoms with Gasteiger partial charge in [0, 0.05) is 12.0 Å². The van der Waals surface area contributed by atoms with E-state index in [1.165, 1.54) is 0 Å². The van der Waals surface area contributed by atoms with Crippen LogP contribution in [-0.2, 0) is 11.2 Å². The number of hydrogen-bond donors (Lipinski definition) is 2. The number of rotatable bonds is 3. The molecule has 0 heterocycles. The van der Waals surface area contributed by atoms with Crippen LogP contribution >= 0.6 is 0 Å². The first-order valence-corrected chi connectivity index (χ1v) is 5.46. The summed E-state index contributed by atoms with van der Waals surface area (Å²) in [7, 11) is 0. The van der Waals surface area contributed by atoms with E-state index in [0.29, 0.717) is 12.8 Å². The number of nitrogens with one attached hydrogen (secondary N) is 1. The van der Waals surface area contributed by atoms with Crippen molar-refractivity contribution in [3.05, 3.63) is 29.8 Å². The van der Waals surface area contributed by atoms with Crippen LogP contribution in [-0.4, -0.2) is 16.6 Å². The van der Waals surface area contributed by atoms with Crippen LogP contribution in [0.1, 0.15) is 32.8 Å². The number of hydrogen-bond acceptors (Lipinski definition) is 2. The summed E-state index contributed by atoms with van der Waals surface area (Å²) in [6.45, 7) is 5.85. The summed E-state index contributed by atoms with van der Waals surface area (Å²) in [6.07, 6.45) is 0.962. The van der Waals surface area contributed by atoms with E-state index >= 15 is 0 Å². The lowest BCUT2D eigenvalue weighted by atomic mass is 10.1. The summed E-state index contributed by atoms with van der Waals surface area (Å²) < 4.78 is 0. The van der Waals surface area contributed by atoms with Crippen molar-refractivity contribution in [1.82, 2.24) is 5.32 Å². The average Bonchev–Trinajstić information content (AvgIpc) is 2.14. The van der Waals surface area contributed by atoms with Gasteiger partial charge in [0.1, 0.15) is 5.75 Å². The highest BCUT2D eigenvalue weighted by Gasteiger charge is 2.13. The van der Waals surface area contributed by atoms with Crippen LogP contribution in [0.15, 0.2) is 24.3 Å². The van der Waals surface area contributed by atoms with Crippen molar-refractivity contribution in [2.75, 3.05) is 0 Å². The Hall–Kier alpha value is -1.51. The van der Waals surface area contributed by atoms with E-state index in [2.05, 4.69) is 5.32 Å². The molecule has 1 rings (SSSR count). The van der Waals surface area contributed by atoms with Gasteiger partial charge in [-0.2, -0.15) is 0 Å². The van der Waals surface area contributed by atoms with E-state index < -0.39 is 0 Å². The Balaban J connectivity index is 2.47. The van der Waals surface area contributed by atoms with Gasteiger partial charge in [-0.1, -0.05) is 18.2 Å². The molecule has 0 aromatic heterocycles. The number of benzene rings is 1. The SMILES string of the molecule is CC(C)(C)NC(=O)CCc1ccccc1O. The van der Waals surface area contributed by atoms with Crippen molar-refractivity contribution in [1.29, 1.82) is 0 Å². The van der Waals surface area contributed by atoms with Gasteiger partial charge < -0.3 is 10.4 Å². The van der Waals surface area contributed by atoms with Crippen molar-refractivity contribution in [3.63, 3.8) is 0 Å². The Kier molecular flexibility index (Phi) is 3.93. The number of phenolic OH excluding ortho intramolecular Hbond substituents is 1. The van der Waals surface area contributed by atoms with Gasteiger partial charge in [-0.05, 0) is 38.8 Å². The number of carbonyl (C=O) groups excluding carboxylic acids is 1. The molecule has 0 fully saturated rings. The second-order valence-corrected chi connectivity index (χ2v) is 4.93. The van der Waals surface area contributed by atoms with Gasteiger partial charge in [-0.3, -0.25) is 4.79 Å².